The predicted octanol–water partition coefficient (Wildman–Crippen LogP) is 3.08. The van der Waals surface area contributed by atoms with Crippen LogP contribution in [0.2, 0.25) is 0 Å². The SMILES string of the molecule is Cc1ccc(S(=O)(=O)NC(N)=NCCOC(=O)CCC(NC(=O)OC(C)(C)C)C(=O)O)cc1.Cc1ccc(S(=O)(=O)NC(N)=NCCOC(=O)CCC(NC(=O)OC(C)(C)C)C(=O)OC(=O)c2ccccc2)cc1. The Kier molecular flexibility index (Phi) is 24.4. The smallest absolute Gasteiger partial charge is 0.408 e. The lowest BCUT2D eigenvalue weighted by molar-refractivity contribution is -0.146. The number of benzene rings is 3. The quantitative estimate of drug-likeness (QED) is 0.0201. The number of nitrogens with one attached hydrogen (secondary N) is 4. The van der Waals surface area contributed by atoms with E-state index in [0.717, 1.165) is 11.1 Å². The van der Waals surface area contributed by atoms with E-state index in [1.165, 1.54) is 36.4 Å². The topological polar surface area (TPSA) is 379 Å². The molecule has 0 saturated heterocycles. The van der Waals surface area contributed by atoms with Gasteiger partial charge in [0.15, 0.2) is 0 Å². The molecule has 3 aromatic rings. The predicted molar refractivity (Wildman–Crippen MR) is 267 cm³/mol. The van der Waals surface area contributed by atoms with Crippen molar-refractivity contribution in [2.75, 3.05) is 26.3 Å². The first kappa shape index (κ1) is 62.3. The summed E-state index contributed by atoms with van der Waals surface area (Å²) in [5.41, 5.74) is 11.4. The van der Waals surface area contributed by atoms with Gasteiger partial charge in [-0.2, -0.15) is 0 Å². The van der Waals surface area contributed by atoms with Gasteiger partial charge < -0.3 is 50.9 Å². The van der Waals surface area contributed by atoms with E-state index >= 15 is 0 Å². The van der Waals surface area contributed by atoms with E-state index in [9.17, 15) is 55.5 Å². The zero-order valence-electron chi connectivity index (χ0n) is 42.2. The van der Waals surface area contributed by atoms with E-state index in [1.807, 2.05) is 13.8 Å². The molecule has 9 N–H and O–H groups in total. The van der Waals surface area contributed by atoms with Gasteiger partial charge in [0.05, 0.1) is 28.4 Å². The fourth-order valence-electron chi connectivity index (χ4n) is 5.41. The number of carboxylic acid groups (broad SMARTS) is 1. The molecule has 0 spiro atoms. The van der Waals surface area contributed by atoms with Crippen LogP contribution < -0.4 is 31.5 Å². The Labute approximate surface area is 429 Å². The van der Waals surface area contributed by atoms with Gasteiger partial charge >= 0.3 is 42.0 Å². The Balaban J connectivity index is 0.000000519. The highest BCUT2D eigenvalue weighted by Crippen LogP contribution is 2.13. The van der Waals surface area contributed by atoms with Gasteiger partial charge in [0, 0.05) is 12.8 Å². The first-order valence-electron chi connectivity index (χ1n) is 22.5. The maximum atomic E-state index is 12.7. The Morgan fingerprint density at radius 2 is 0.973 bits per heavy atom. The van der Waals surface area contributed by atoms with Crippen molar-refractivity contribution in [2.24, 2.45) is 21.5 Å². The summed E-state index contributed by atoms with van der Waals surface area (Å²) in [7, 11) is -7.82. The van der Waals surface area contributed by atoms with Gasteiger partial charge in [-0.05, 0) is 105 Å². The Hall–Kier alpha value is -7.81. The number of ether oxygens (including phenoxy) is 5. The van der Waals surface area contributed by atoms with Crippen LogP contribution in [0.5, 0.6) is 0 Å². The van der Waals surface area contributed by atoms with Crippen molar-refractivity contribution in [3.8, 4) is 0 Å². The zero-order valence-corrected chi connectivity index (χ0v) is 43.8. The third-order valence-corrected chi connectivity index (χ3v) is 11.6. The van der Waals surface area contributed by atoms with Crippen LogP contribution in [0, 0.1) is 13.8 Å². The monoisotopic (exact) mass is 1080 g/mol. The lowest BCUT2D eigenvalue weighted by Gasteiger charge is -2.22. The summed E-state index contributed by atoms with van der Waals surface area (Å²) < 4.78 is 78.3. The second-order valence-electron chi connectivity index (χ2n) is 17.7. The van der Waals surface area contributed by atoms with Crippen molar-refractivity contribution in [3.63, 3.8) is 0 Å². The lowest BCUT2D eigenvalue weighted by atomic mass is 10.1. The maximum Gasteiger partial charge on any atom is 0.408 e. The highest BCUT2D eigenvalue weighted by atomic mass is 32.2. The van der Waals surface area contributed by atoms with Crippen molar-refractivity contribution < 1.29 is 79.2 Å². The van der Waals surface area contributed by atoms with E-state index in [-0.39, 0.29) is 73.3 Å². The lowest BCUT2D eigenvalue weighted by Crippen LogP contribution is -2.45. The molecule has 2 atom stereocenters. The second-order valence-corrected chi connectivity index (χ2v) is 21.1. The maximum absolute atomic E-state index is 12.7. The third kappa shape index (κ3) is 25.5. The van der Waals surface area contributed by atoms with Gasteiger partial charge in [0.2, 0.25) is 11.9 Å². The minimum absolute atomic E-state index is 0.00576. The molecule has 3 aromatic carbocycles. The van der Waals surface area contributed by atoms with Crippen LogP contribution in [0.3, 0.4) is 0 Å². The number of carbonyl (C=O) groups is 7. The summed E-state index contributed by atoms with van der Waals surface area (Å²) >= 11 is 0. The molecule has 74 heavy (non-hydrogen) atoms. The third-order valence-electron chi connectivity index (χ3n) is 8.86. The number of hydrogen-bond donors (Lipinski definition) is 7. The van der Waals surface area contributed by atoms with Gasteiger partial charge in [0.1, 0.15) is 36.5 Å². The number of hydrogen-bond acceptors (Lipinski definition) is 18. The summed E-state index contributed by atoms with van der Waals surface area (Å²) in [5.74, 6) is -5.59. The number of carbonyl (C=O) groups excluding carboxylic acids is 6. The minimum Gasteiger partial charge on any atom is -0.480 e. The molecular weight excluding hydrogens is 1010 g/mol. The van der Waals surface area contributed by atoms with E-state index < -0.39 is 91.3 Å². The minimum atomic E-state index is -3.93. The van der Waals surface area contributed by atoms with E-state index in [0.29, 0.717) is 0 Å². The number of esters is 4. The first-order chi connectivity index (χ1) is 34.4. The molecular formula is C47H64N8O17S2. The molecule has 0 aliphatic heterocycles. The van der Waals surface area contributed by atoms with Crippen LogP contribution in [0.25, 0.3) is 0 Å². The number of carboxylic acids is 1. The number of alkyl carbamates (subject to hydrolysis) is 2. The van der Waals surface area contributed by atoms with Crippen molar-refractivity contribution in [1.82, 2.24) is 20.1 Å². The first-order valence-corrected chi connectivity index (χ1v) is 25.5. The molecule has 0 saturated carbocycles. The van der Waals surface area contributed by atoms with Gasteiger partial charge in [-0.25, -0.2) is 60.2 Å². The second kappa shape index (κ2) is 29.0. The van der Waals surface area contributed by atoms with Crippen molar-refractivity contribution >= 4 is 74.0 Å². The molecule has 2 unspecified atom stereocenters. The molecule has 406 valence electrons. The van der Waals surface area contributed by atoms with Crippen LogP contribution in [0.1, 0.15) is 88.7 Å². The molecule has 0 aliphatic carbocycles. The molecule has 0 radical (unpaired) electrons. The van der Waals surface area contributed by atoms with Crippen LogP contribution >= 0.6 is 0 Å². The number of sulfonamides is 2. The standard InChI is InChI=1S/C27H34N4O9S.C20H30N4O8S/c1-18-10-12-20(13-11-18)41(36,37)31-25(28)29-16-17-38-22(32)15-14-21(30-26(35)40-27(2,3)4)24(34)39-23(33)19-8-6-5-7-9-19;1-13-5-7-14(8-6-13)33(29,30)24-18(21)22-11-12-31-16(25)10-9-15(17(26)27)23-19(28)32-20(2,3)4/h5-13,21H,14-17H2,1-4H3,(H,30,35)(H3,28,29,31);5-8,15H,9-12H2,1-4H3,(H,23,28)(H,26,27)(H3,21,22,24). The molecule has 0 fully saturated rings. The van der Waals surface area contributed by atoms with Gasteiger partial charge in [-0.1, -0.05) is 53.6 Å². The van der Waals surface area contributed by atoms with Gasteiger partial charge in [0.25, 0.3) is 20.0 Å². The fourth-order valence-corrected chi connectivity index (χ4v) is 7.32. The summed E-state index contributed by atoms with van der Waals surface area (Å²) in [5, 5.41) is 13.7. The number of nitrogens with zero attached hydrogens (tertiary/aromatic N) is 2. The molecule has 0 bridgehead atoms. The van der Waals surface area contributed by atoms with Gasteiger partial charge in [-0.3, -0.25) is 9.59 Å². The molecule has 25 nitrogen and oxygen atoms in total. The molecule has 0 heterocycles. The van der Waals surface area contributed by atoms with Crippen molar-refractivity contribution in [1.29, 1.82) is 0 Å². The molecule has 0 aliphatic rings. The van der Waals surface area contributed by atoms with Crippen molar-refractivity contribution in [2.45, 2.75) is 114 Å². The van der Waals surface area contributed by atoms with Crippen molar-refractivity contribution in [3.05, 3.63) is 95.6 Å². The molecule has 0 aromatic heterocycles. The number of aliphatic carboxylic acids is 1. The van der Waals surface area contributed by atoms with Crippen LogP contribution in [0.15, 0.2) is 98.6 Å². The zero-order chi connectivity index (χ0) is 55.9. The molecule has 2 amide bonds. The number of guanidine groups is 2. The van der Waals surface area contributed by atoms with Crippen LogP contribution in [-0.4, -0.2) is 125 Å². The Bertz CT molecular complexity index is 2690. The summed E-state index contributed by atoms with van der Waals surface area (Å²) in [4.78, 5) is 91.8. The number of amides is 2. The molecule has 27 heteroatoms. The van der Waals surface area contributed by atoms with Crippen LogP contribution in [-0.2, 0) is 62.9 Å². The summed E-state index contributed by atoms with van der Waals surface area (Å²) in [6.45, 7) is 12.7. The number of nitrogens with two attached hydrogens (primary N) is 2. The largest absolute Gasteiger partial charge is 0.480 e. The molecule has 3 rings (SSSR count). The summed E-state index contributed by atoms with van der Waals surface area (Å²) in [6, 6.07) is 17.3. The summed E-state index contributed by atoms with van der Waals surface area (Å²) in [6.07, 6.45) is -2.96. The van der Waals surface area contributed by atoms with E-state index in [4.69, 9.17) is 35.2 Å². The highest BCUT2D eigenvalue weighted by molar-refractivity contribution is 7.90. The number of aliphatic imine (C=N–C) groups is 2. The fraction of sp³-hybridized carbons (Fsp3) is 0.426. The Morgan fingerprint density at radius 3 is 1.35 bits per heavy atom. The Morgan fingerprint density at radius 1 is 0.595 bits per heavy atom. The van der Waals surface area contributed by atoms with Crippen LogP contribution in [0.4, 0.5) is 9.59 Å². The van der Waals surface area contributed by atoms with Gasteiger partial charge in [-0.15, -0.1) is 0 Å². The highest BCUT2D eigenvalue weighted by Gasteiger charge is 2.29. The van der Waals surface area contributed by atoms with E-state index in [1.54, 1.807) is 84.0 Å². The number of rotatable bonds is 21. The normalized spacial score (nSPS) is 12.8. The number of aryl methyl sites for hydroxylation is 2. The average Bonchev–Trinajstić information content (AvgIpc) is 3.28. The van der Waals surface area contributed by atoms with E-state index in [2.05, 4.69) is 30.1 Å². The average molecular weight is 1080 g/mol.